The molecule has 3 N–H and O–H groups in total. The fourth-order valence-corrected chi connectivity index (χ4v) is 3.99. The van der Waals surface area contributed by atoms with E-state index < -0.39 is 9.84 Å². The SMILES string of the molecule is Cc1cc(SCCS(C)(=O)=O)c(/C(N)=N/O)c(C)n1. The summed E-state index contributed by atoms with van der Waals surface area (Å²) in [5.74, 6) is 0.466. The zero-order valence-corrected chi connectivity index (χ0v) is 12.7. The van der Waals surface area contributed by atoms with E-state index in [1.807, 2.05) is 6.92 Å². The summed E-state index contributed by atoms with van der Waals surface area (Å²) in [6, 6.07) is 1.80. The Kier molecular flexibility index (Phi) is 5.19. The summed E-state index contributed by atoms with van der Waals surface area (Å²) in [7, 11) is -3.00. The topological polar surface area (TPSA) is 106 Å². The van der Waals surface area contributed by atoms with Crippen molar-refractivity contribution in [3.8, 4) is 0 Å². The molecule has 1 aromatic heterocycles. The molecule has 0 atom stereocenters. The minimum Gasteiger partial charge on any atom is -0.409 e. The Balaban J connectivity index is 3.05. The van der Waals surface area contributed by atoms with Crippen LogP contribution in [0.1, 0.15) is 17.0 Å². The van der Waals surface area contributed by atoms with E-state index in [0.29, 0.717) is 17.0 Å². The van der Waals surface area contributed by atoms with Crippen molar-refractivity contribution in [2.24, 2.45) is 10.9 Å². The number of nitrogens with zero attached hydrogens (tertiary/aromatic N) is 2. The number of nitrogens with two attached hydrogens (primary N) is 1. The Labute approximate surface area is 117 Å². The fourth-order valence-electron chi connectivity index (χ4n) is 1.57. The Bertz CT molecular complexity index is 597. The van der Waals surface area contributed by atoms with Gasteiger partial charge in [0, 0.05) is 28.3 Å². The van der Waals surface area contributed by atoms with E-state index in [4.69, 9.17) is 10.9 Å². The van der Waals surface area contributed by atoms with Crippen LogP contribution in [0.15, 0.2) is 16.1 Å². The third-order valence-electron chi connectivity index (χ3n) is 2.37. The molecule has 106 valence electrons. The predicted molar refractivity (Wildman–Crippen MR) is 76.7 cm³/mol. The highest BCUT2D eigenvalue weighted by atomic mass is 32.2. The van der Waals surface area contributed by atoms with Crippen molar-refractivity contribution in [1.29, 1.82) is 0 Å². The van der Waals surface area contributed by atoms with Crippen molar-refractivity contribution in [1.82, 2.24) is 4.98 Å². The first-order chi connectivity index (χ1) is 8.74. The second-order valence-electron chi connectivity index (χ2n) is 4.19. The molecule has 8 heteroatoms. The quantitative estimate of drug-likeness (QED) is 0.275. The smallest absolute Gasteiger partial charge is 0.173 e. The third kappa shape index (κ3) is 4.71. The average Bonchev–Trinajstić information content (AvgIpc) is 2.25. The Morgan fingerprint density at radius 1 is 1.53 bits per heavy atom. The summed E-state index contributed by atoms with van der Waals surface area (Å²) < 4.78 is 22.2. The number of oxime groups is 1. The molecule has 19 heavy (non-hydrogen) atoms. The normalized spacial score (nSPS) is 12.7. The number of pyridine rings is 1. The van der Waals surface area contributed by atoms with Crippen molar-refractivity contribution in [3.05, 3.63) is 23.0 Å². The fraction of sp³-hybridized carbons (Fsp3) is 0.455. The van der Waals surface area contributed by atoms with Crippen LogP contribution in [0.5, 0.6) is 0 Å². The maximum absolute atomic E-state index is 11.1. The van der Waals surface area contributed by atoms with Crippen LogP contribution in [-0.2, 0) is 9.84 Å². The Morgan fingerprint density at radius 2 is 2.16 bits per heavy atom. The molecule has 0 bridgehead atoms. The highest BCUT2D eigenvalue weighted by molar-refractivity contribution is 8.00. The summed E-state index contributed by atoms with van der Waals surface area (Å²) in [4.78, 5) is 5.02. The molecule has 1 rings (SSSR count). The van der Waals surface area contributed by atoms with Gasteiger partial charge in [0.1, 0.15) is 9.84 Å². The Hall–Kier alpha value is -1.28. The standard InChI is InChI=1S/C11H17N3O3S2/c1-7-6-9(18-4-5-19(3,16)17)10(8(2)13-7)11(12)14-15/h6,15H,4-5H2,1-3H3,(H2,12,14). The van der Waals surface area contributed by atoms with Gasteiger partial charge in [-0.05, 0) is 19.9 Å². The molecule has 0 aromatic carbocycles. The number of rotatable bonds is 5. The summed E-state index contributed by atoms with van der Waals surface area (Å²) in [5.41, 5.74) is 7.63. The van der Waals surface area contributed by atoms with Gasteiger partial charge in [-0.15, -0.1) is 11.8 Å². The largest absolute Gasteiger partial charge is 0.409 e. The number of thioether (sulfide) groups is 1. The lowest BCUT2D eigenvalue weighted by Gasteiger charge is -2.11. The minimum absolute atomic E-state index is 0.0214. The monoisotopic (exact) mass is 303 g/mol. The molecule has 6 nitrogen and oxygen atoms in total. The minimum atomic E-state index is -3.00. The van der Waals surface area contributed by atoms with Crippen LogP contribution in [0.4, 0.5) is 0 Å². The Morgan fingerprint density at radius 3 is 2.68 bits per heavy atom. The first-order valence-electron chi connectivity index (χ1n) is 5.51. The second kappa shape index (κ2) is 6.25. The molecule has 0 spiro atoms. The lowest BCUT2D eigenvalue weighted by molar-refractivity contribution is 0.318. The van der Waals surface area contributed by atoms with E-state index >= 15 is 0 Å². The number of hydrogen-bond acceptors (Lipinski definition) is 6. The second-order valence-corrected chi connectivity index (χ2v) is 7.58. The molecule has 1 heterocycles. The van der Waals surface area contributed by atoms with Gasteiger partial charge < -0.3 is 10.9 Å². The molecule has 0 saturated heterocycles. The van der Waals surface area contributed by atoms with Gasteiger partial charge in [-0.3, -0.25) is 4.98 Å². The summed E-state index contributed by atoms with van der Waals surface area (Å²) in [5, 5.41) is 11.8. The van der Waals surface area contributed by atoms with Gasteiger partial charge in [0.15, 0.2) is 5.84 Å². The number of aromatic nitrogens is 1. The van der Waals surface area contributed by atoms with Gasteiger partial charge in [-0.25, -0.2) is 8.42 Å². The molecule has 0 aliphatic heterocycles. The van der Waals surface area contributed by atoms with Gasteiger partial charge in [-0.1, -0.05) is 5.16 Å². The summed E-state index contributed by atoms with van der Waals surface area (Å²) >= 11 is 1.35. The molecule has 0 unspecified atom stereocenters. The molecule has 1 aromatic rings. The van der Waals surface area contributed by atoms with Gasteiger partial charge >= 0.3 is 0 Å². The van der Waals surface area contributed by atoms with Crippen LogP contribution in [0, 0.1) is 13.8 Å². The van der Waals surface area contributed by atoms with E-state index in [-0.39, 0.29) is 11.6 Å². The van der Waals surface area contributed by atoms with Gasteiger partial charge in [0.05, 0.1) is 11.3 Å². The molecule has 0 amide bonds. The highest BCUT2D eigenvalue weighted by Gasteiger charge is 2.14. The van der Waals surface area contributed by atoms with E-state index in [2.05, 4.69) is 10.1 Å². The molecular weight excluding hydrogens is 286 g/mol. The average molecular weight is 303 g/mol. The molecule has 0 fully saturated rings. The zero-order chi connectivity index (χ0) is 14.6. The number of sulfone groups is 1. The van der Waals surface area contributed by atoms with Crippen LogP contribution in [0.25, 0.3) is 0 Å². The maximum atomic E-state index is 11.1. The van der Waals surface area contributed by atoms with E-state index in [1.165, 1.54) is 18.0 Å². The molecule has 0 aliphatic rings. The lowest BCUT2D eigenvalue weighted by Crippen LogP contribution is -2.17. The van der Waals surface area contributed by atoms with Crippen LogP contribution < -0.4 is 5.73 Å². The van der Waals surface area contributed by atoms with E-state index in [0.717, 1.165) is 10.6 Å². The predicted octanol–water partition coefficient (Wildman–Crippen LogP) is 0.930. The molecule has 0 aliphatic carbocycles. The van der Waals surface area contributed by atoms with Gasteiger partial charge in [-0.2, -0.15) is 0 Å². The molecule has 0 radical (unpaired) electrons. The maximum Gasteiger partial charge on any atom is 0.173 e. The van der Waals surface area contributed by atoms with Crippen LogP contribution in [0.3, 0.4) is 0 Å². The third-order valence-corrected chi connectivity index (χ3v) is 4.61. The van der Waals surface area contributed by atoms with Crippen molar-refractivity contribution in [2.45, 2.75) is 18.7 Å². The van der Waals surface area contributed by atoms with E-state index in [9.17, 15) is 8.42 Å². The van der Waals surface area contributed by atoms with Gasteiger partial charge in [0.25, 0.3) is 0 Å². The van der Waals surface area contributed by atoms with Gasteiger partial charge in [0.2, 0.25) is 0 Å². The first kappa shape index (κ1) is 15.8. The summed E-state index contributed by atoms with van der Waals surface area (Å²) in [6.07, 6.45) is 1.20. The summed E-state index contributed by atoms with van der Waals surface area (Å²) in [6.45, 7) is 3.60. The molecule has 0 saturated carbocycles. The number of amidine groups is 1. The molecular formula is C11H17N3O3S2. The van der Waals surface area contributed by atoms with Crippen molar-refractivity contribution in [2.75, 3.05) is 17.8 Å². The zero-order valence-electron chi connectivity index (χ0n) is 11.0. The van der Waals surface area contributed by atoms with Crippen LogP contribution in [-0.4, -0.2) is 42.2 Å². The van der Waals surface area contributed by atoms with Crippen LogP contribution >= 0.6 is 11.8 Å². The number of hydrogen-bond donors (Lipinski definition) is 2. The first-order valence-corrected chi connectivity index (χ1v) is 8.56. The van der Waals surface area contributed by atoms with Crippen molar-refractivity contribution in [3.63, 3.8) is 0 Å². The van der Waals surface area contributed by atoms with Crippen LogP contribution in [0.2, 0.25) is 0 Å². The lowest BCUT2D eigenvalue weighted by atomic mass is 10.1. The van der Waals surface area contributed by atoms with Crippen molar-refractivity contribution < 1.29 is 13.6 Å². The van der Waals surface area contributed by atoms with E-state index in [1.54, 1.807) is 13.0 Å². The van der Waals surface area contributed by atoms with Crippen molar-refractivity contribution >= 4 is 27.4 Å². The highest BCUT2D eigenvalue weighted by Crippen LogP contribution is 2.25. The number of aryl methyl sites for hydroxylation is 2.